The van der Waals surface area contributed by atoms with Crippen molar-refractivity contribution >= 4 is 17.6 Å². The Kier molecular flexibility index (Phi) is 3.92. The number of esters is 1. The third-order valence-electron chi connectivity index (χ3n) is 2.00. The highest BCUT2D eigenvalue weighted by molar-refractivity contribution is 6.30. The molecule has 0 aromatic heterocycles. The van der Waals surface area contributed by atoms with Crippen molar-refractivity contribution in [1.29, 1.82) is 0 Å². The first-order valence-corrected chi connectivity index (χ1v) is 5.01. The van der Waals surface area contributed by atoms with Gasteiger partial charge >= 0.3 is 5.97 Å². The standard InChI is InChI=1S/C12H13ClO2/c1-8(2)15-12(14)9(3)10-4-6-11(13)7-5-10/h4-7,9H,1H2,2-3H3. The number of halogens is 1. The fourth-order valence-electron chi connectivity index (χ4n) is 1.15. The van der Waals surface area contributed by atoms with E-state index in [2.05, 4.69) is 6.58 Å². The third-order valence-corrected chi connectivity index (χ3v) is 2.25. The molecule has 0 aliphatic carbocycles. The summed E-state index contributed by atoms with van der Waals surface area (Å²) >= 11 is 5.75. The van der Waals surface area contributed by atoms with E-state index in [1.165, 1.54) is 0 Å². The van der Waals surface area contributed by atoms with Crippen LogP contribution in [-0.4, -0.2) is 5.97 Å². The van der Waals surface area contributed by atoms with Gasteiger partial charge in [0.25, 0.3) is 0 Å². The van der Waals surface area contributed by atoms with Gasteiger partial charge < -0.3 is 4.74 Å². The molecule has 3 heteroatoms. The van der Waals surface area contributed by atoms with Crippen molar-refractivity contribution < 1.29 is 9.53 Å². The second-order valence-corrected chi connectivity index (χ2v) is 3.83. The highest BCUT2D eigenvalue weighted by Crippen LogP contribution is 2.19. The van der Waals surface area contributed by atoms with Crippen LogP contribution in [0, 0.1) is 0 Å². The van der Waals surface area contributed by atoms with Gasteiger partial charge in [-0.25, -0.2) is 0 Å². The SMILES string of the molecule is C=C(C)OC(=O)C(C)c1ccc(Cl)cc1. The molecule has 0 heterocycles. The molecule has 0 amide bonds. The third kappa shape index (κ3) is 3.40. The van der Waals surface area contributed by atoms with E-state index in [0.717, 1.165) is 5.56 Å². The van der Waals surface area contributed by atoms with E-state index < -0.39 is 0 Å². The molecule has 2 nitrogen and oxygen atoms in total. The molecule has 0 saturated heterocycles. The van der Waals surface area contributed by atoms with E-state index in [9.17, 15) is 4.79 Å². The molecule has 0 spiro atoms. The molecule has 0 radical (unpaired) electrons. The van der Waals surface area contributed by atoms with Crippen LogP contribution >= 0.6 is 11.6 Å². The molecule has 1 aromatic carbocycles. The topological polar surface area (TPSA) is 26.3 Å². The number of benzene rings is 1. The fourth-order valence-corrected chi connectivity index (χ4v) is 1.27. The Morgan fingerprint density at radius 2 is 1.93 bits per heavy atom. The molecule has 1 atom stereocenters. The lowest BCUT2D eigenvalue weighted by Crippen LogP contribution is -2.11. The van der Waals surface area contributed by atoms with E-state index in [1.807, 2.05) is 12.1 Å². The van der Waals surface area contributed by atoms with Crippen LogP contribution in [0.3, 0.4) is 0 Å². The molecule has 80 valence electrons. The summed E-state index contributed by atoms with van der Waals surface area (Å²) in [5.41, 5.74) is 0.880. The number of allylic oxidation sites excluding steroid dienone is 1. The summed E-state index contributed by atoms with van der Waals surface area (Å²) in [7, 11) is 0. The Bertz CT molecular complexity index is 368. The van der Waals surface area contributed by atoms with Crippen LogP contribution in [0.5, 0.6) is 0 Å². The molecular weight excluding hydrogens is 212 g/mol. The zero-order chi connectivity index (χ0) is 11.4. The maximum Gasteiger partial charge on any atom is 0.318 e. The molecule has 0 saturated carbocycles. The zero-order valence-corrected chi connectivity index (χ0v) is 9.54. The molecule has 0 aliphatic heterocycles. The van der Waals surface area contributed by atoms with E-state index in [1.54, 1.807) is 26.0 Å². The molecule has 1 unspecified atom stereocenters. The summed E-state index contributed by atoms with van der Waals surface area (Å²) in [6.45, 7) is 6.95. The van der Waals surface area contributed by atoms with Crippen molar-refractivity contribution in [2.45, 2.75) is 19.8 Å². The van der Waals surface area contributed by atoms with Crippen LogP contribution in [0.4, 0.5) is 0 Å². The number of rotatable bonds is 3. The average Bonchev–Trinajstić information content (AvgIpc) is 2.17. The maximum absolute atomic E-state index is 11.5. The van der Waals surface area contributed by atoms with Crippen LogP contribution in [-0.2, 0) is 9.53 Å². The molecule has 1 aromatic rings. The first kappa shape index (κ1) is 11.8. The predicted molar refractivity (Wildman–Crippen MR) is 60.8 cm³/mol. The first-order chi connectivity index (χ1) is 7.00. The Labute approximate surface area is 94.5 Å². The van der Waals surface area contributed by atoms with Gasteiger partial charge in [-0.1, -0.05) is 30.3 Å². The molecular formula is C12H13ClO2. The van der Waals surface area contributed by atoms with Gasteiger partial charge in [-0.2, -0.15) is 0 Å². The number of ether oxygens (including phenoxy) is 1. The summed E-state index contributed by atoms with van der Waals surface area (Å²) < 4.78 is 4.93. The van der Waals surface area contributed by atoms with Gasteiger partial charge in [-0.3, -0.25) is 4.79 Å². The Balaban J connectivity index is 2.76. The highest BCUT2D eigenvalue weighted by atomic mass is 35.5. The normalized spacial score (nSPS) is 11.9. The van der Waals surface area contributed by atoms with Crippen molar-refractivity contribution in [3.8, 4) is 0 Å². The lowest BCUT2D eigenvalue weighted by atomic mass is 10.0. The van der Waals surface area contributed by atoms with E-state index in [0.29, 0.717) is 10.8 Å². The van der Waals surface area contributed by atoms with Crippen LogP contribution < -0.4 is 0 Å². The summed E-state index contributed by atoms with van der Waals surface area (Å²) in [6, 6.07) is 7.13. The summed E-state index contributed by atoms with van der Waals surface area (Å²) in [6.07, 6.45) is 0. The largest absolute Gasteiger partial charge is 0.432 e. The van der Waals surface area contributed by atoms with Crippen LogP contribution in [0.15, 0.2) is 36.6 Å². The Morgan fingerprint density at radius 1 is 1.40 bits per heavy atom. The first-order valence-electron chi connectivity index (χ1n) is 4.63. The minimum atomic E-state index is -0.307. The molecule has 0 N–H and O–H groups in total. The van der Waals surface area contributed by atoms with Gasteiger partial charge in [0, 0.05) is 5.02 Å². The van der Waals surface area contributed by atoms with Crippen LogP contribution in [0.2, 0.25) is 5.02 Å². The second-order valence-electron chi connectivity index (χ2n) is 3.40. The molecule has 1 rings (SSSR count). The average molecular weight is 225 g/mol. The number of hydrogen-bond donors (Lipinski definition) is 0. The maximum atomic E-state index is 11.5. The minimum absolute atomic E-state index is 0.301. The predicted octanol–water partition coefficient (Wildman–Crippen LogP) is 3.52. The van der Waals surface area contributed by atoms with E-state index in [4.69, 9.17) is 16.3 Å². The lowest BCUT2D eigenvalue weighted by Gasteiger charge is -2.11. The van der Waals surface area contributed by atoms with E-state index >= 15 is 0 Å². The van der Waals surface area contributed by atoms with Gasteiger partial charge in [0.05, 0.1) is 11.7 Å². The smallest absolute Gasteiger partial charge is 0.318 e. The summed E-state index contributed by atoms with van der Waals surface area (Å²) in [4.78, 5) is 11.5. The van der Waals surface area contributed by atoms with Crippen LogP contribution in [0.25, 0.3) is 0 Å². The van der Waals surface area contributed by atoms with Crippen molar-refractivity contribution in [3.05, 3.63) is 47.2 Å². The number of carbonyl (C=O) groups is 1. The monoisotopic (exact) mass is 224 g/mol. The Morgan fingerprint density at radius 3 is 2.40 bits per heavy atom. The number of carbonyl (C=O) groups excluding carboxylic acids is 1. The number of hydrogen-bond acceptors (Lipinski definition) is 2. The van der Waals surface area contributed by atoms with Crippen molar-refractivity contribution in [2.24, 2.45) is 0 Å². The summed E-state index contributed by atoms with van der Waals surface area (Å²) in [5.74, 6) is -0.204. The molecule has 0 aliphatic rings. The fraction of sp³-hybridized carbons (Fsp3) is 0.250. The minimum Gasteiger partial charge on any atom is -0.432 e. The van der Waals surface area contributed by atoms with Gasteiger partial charge in [0.15, 0.2) is 0 Å². The lowest BCUT2D eigenvalue weighted by molar-refractivity contribution is -0.140. The van der Waals surface area contributed by atoms with Gasteiger partial charge in [-0.05, 0) is 31.5 Å². The molecule has 15 heavy (non-hydrogen) atoms. The van der Waals surface area contributed by atoms with Crippen LogP contribution in [0.1, 0.15) is 25.3 Å². The Hall–Kier alpha value is -1.28. The second kappa shape index (κ2) is 4.99. The highest BCUT2D eigenvalue weighted by Gasteiger charge is 2.16. The molecule has 0 bridgehead atoms. The van der Waals surface area contributed by atoms with E-state index in [-0.39, 0.29) is 11.9 Å². The van der Waals surface area contributed by atoms with Crippen molar-refractivity contribution in [1.82, 2.24) is 0 Å². The van der Waals surface area contributed by atoms with Crippen molar-refractivity contribution in [2.75, 3.05) is 0 Å². The van der Waals surface area contributed by atoms with Crippen molar-refractivity contribution in [3.63, 3.8) is 0 Å². The summed E-state index contributed by atoms with van der Waals surface area (Å²) in [5, 5.41) is 0.652. The quantitative estimate of drug-likeness (QED) is 0.580. The molecule has 0 fully saturated rings. The van der Waals surface area contributed by atoms with Gasteiger partial charge in [0.1, 0.15) is 0 Å². The zero-order valence-electron chi connectivity index (χ0n) is 8.79. The van der Waals surface area contributed by atoms with Gasteiger partial charge in [0.2, 0.25) is 0 Å². The van der Waals surface area contributed by atoms with Gasteiger partial charge in [-0.15, -0.1) is 0 Å².